The summed E-state index contributed by atoms with van der Waals surface area (Å²) < 4.78 is 5.22. The molecule has 0 spiro atoms. The lowest BCUT2D eigenvalue weighted by molar-refractivity contribution is 0.0840. The van der Waals surface area contributed by atoms with Crippen molar-refractivity contribution in [2.24, 2.45) is 5.92 Å². The molecule has 1 N–H and O–H groups in total. The molecule has 142 valence electrons. The van der Waals surface area contributed by atoms with Crippen molar-refractivity contribution in [2.45, 2.75) is 19.3 Å². The van der Waals surface area contributed by atoms with Crippen molar-refractivity contribution >= 4 is 11.8 Å². The molecule has 1 aromatic heterocycles. The zero-order valence-electron chi connectivity index (χ0n) is 15.6. The van der Waals surface area contributed by atoms with Crippen LogP contribution >= 0.6 is 0 Å². The summed E-state index contributed by atoms with van der Waals surface area (Å²) in [5, 5.41) is 2.96. The van der Waals surface area contributed by atoms with Gasteiger partial charge in [-0.05, 0) is 49.1 Å². The molecule has 1 aromatic carbocycles. The molecule has 2 amide bonds. The minimum atomic E-state index is -0.183. The van der Waals surface area contributed by atoms with Gasteiger partial charge >= 0.3 is 6.03 Å². The van der Waals surface area contributed by atoms with Crippen LogP contribution in [0.1, 0.15) is 28.9 Å². The van der Waals surface area contributed by atoms with Crippen LogP contribution in [0, 0.1) is 5.92 Å². The van der Waals surface area contributed by atoms with E-state index in [-0.39, 0.29) is 17.7 Å². The molecular weight excluding hydrogens is 342 g/mol. The first-order chi connectivity index (χ1) is 13.2. The number of benzene rings is 1. The van der Waals surface area contributed by atoms with Gasteiger partial charge in [0, 0.05) is 31.7 Å². The Kier molecular flexibility index (Phi) is 6.41. The minimum Gasteiger partial charge on any atom is -0.497 e. The predicted molar refractivity (Wildman–Crippen MR) is 103 cm³/mol. The highest BCUT2D eigenvalue weighted by molar-refractivity contribution is 5.96. The summed E-state index contributed by atoms with van der Waals surface area (Å²) in [5.74, 6) is 0.646. The largest absolute Gasteiger partial charge is 0.497 e. The summed E-state index contributed by atoms with van der Waals surface area (Å²) in [7, 11) is 1.64. The second-order valence-electron chi connectivity index (χ2n) is 6.70. The van der Waals surface area contributed by atoms with E-state index in [0.717, 1.165) is 30.6 Å². The maximum Gasteiger partial charge on any atom is 0.317 e. The zero-order valence-corrected chi connectivity index (χ0v) is 15.6. The second kappa shape index (κ2) is 9.16. The number of carbonyl (C=O) groups excluding carboxylic acids is 2. The summed E-state index contributed by atoms with van der Waals surface area (Å²) in [6.07, 6.45) is 3.97. The van der Waals surface area contributed by atoms with Crippen LogP contribution in [0.3, 0.4) is 0 Å². The Hall–Kier alpha value is -2.89. The molecule has 0 saturated carbocycles. The smallest absolute Gasteiger partial charge is 0.317 e. The SMILES string of the molecule is COc1cccc(CCNC(=O)N2CCC[C@H](C(=O)c3ccccn3)C2)c1. The van der Waals surface area contributed by atoms with Crippen molar-refractivity contribution in [3.63, 3.8) is 0 Å². The topological polar surface area (TPSA) is 71.5 Å². The van der Waals surface area contributed by atoms with Gasteiger partial charge in [0.2, 0.25) is 0 Å². The van der Waals surface area contributed by atoms with Crippen molar-refractivity contribution in [1.82, 2.24) is 15.2 Å². The predicted octanol–water partition coefficient (Wildman–Crippen LogP) is 2.94. The maximum atomic E-state index is 12.6. The molecule has 6 heteroatoms. The summed E-state index contributed by atoms with van der Waals surface area (Å²) in [6, 6.07) is 13.0. The van der Waals surface area contributed by atoms with E-state index in [1.54, 1.807) is 30.3 Å². The number of nitrogens with one attached hydrogen (secondary N) is 1. The molecule has 27 heavy (non-hydrogen) atoms. The molecule has 6 nitrogen and oxygen atoms in total. The van der Waals surface area contributed by atoms with Gasteiger partial charge in [-0.3, -0.25) is 9.78 Å². The lowest BCUT2D eigenvalue weighted by Crippen LogP contribution is -2.47. The molecule has 1 aliphatic rings. The van der Waals surface area contributed by atoms with E-state index >= 15 is 0 Å². The number of hydrogen-bond acceptors (Lipinski definition) is 4. The highest BCUT2D eigenvalue weighted by Crippen LogP contribution is 2.20. The fourth-order valence-electron chi connectivity index (χ4n) is 3.35. The first kappa shape index (κ1) is 18.9. The fraction of sp³-hybridized carbons (Fsp3) is 0.381. The molecule has 1 atom stereocenters. The maximum absolute atomic E-state index is 12.6. The van der Waals surface area contributed by atoms with Crippen molar-refractivity contribution in [2.75, 3.05) is 26.7 Å². The first-order valence-corrected chi connectivity index (χ1v) is 9.28. The van der Waals surface area contributed by atoms with Gasteiger partial charge in [0.25, 0.3) is 0 Å². The van der Waals surface area contributed by atoms with Crippen LogP contribution < -0.4 is 10.1 Å². The molecule has 0 unspecified atom stereocenters. The van der Waals surface area contributed by atoms with Crippen LogP contribution in [0.4, 0.5) is 4.79 Å². The lowest BCUT2D eigenvalue weighted by Gasteiger charge is -2.32. The number of rotatable bonds is 6. The summed E-state index contributed by atoms with van der Waals surface area (Å²) >= 11 is 0. The van der Waals surface area contributed by atoms with Crippen LogP contribution in [0.15, 0.2) is 48.7 Å². The van der Waals surface area contributed by atoms with Crippen LogP contribution in [0.5, 0.6) is 5.75 Å². The van der Waals surface area contributed by atoms with Crippen LogP contribution in [0.25, 0.3) is 0 Å². The normalized spacial score (nSPS) is 16.6. The third-order valence-electron chi connectivity index (χ3n) is 4.82. The van der Waals surface area contributed by atoms with Gasteiger partial charge in [0.05, 0.1) is 7.11 Å². The van der Waals surface area contributed by atoms with E-state index in [9.17, 15) is 9.59 Å². The van der Waals surface area contributed by atoms with E-state index in [1.165, 1.54) is 0 Å². The standard InChI is InChI=1S/C21H25N3O3/c1-27-18-8-4-6-16(14-18)10-12-23-21(26)24-13-5-7-17(15-24)20(25)19-9-2-3-11-22-19/h2-4,6,8-9,11,14,17H,5,7,10,12-13,15H2,1H3,(H,23,26)/t17-/m0/s1. The number of urea groups is 1. The third-order valence-corrected chi connectivity index (χ3v) is 4.82. The number of ether oxygens (including phenoxy) is 1. The molecule has 2 heterocycles. The van der Waals surface area contributed by atoms with E-state index < -0.39 is 0 Å². The van der Waals surface area contributed by atoms with E-state index in [1.807, 2.05) is 30.3 Å². The monoisotopic (exact) mass is 367 g/mol. The van der Waals surface area contributed by atoms with Crippen molar-refractivity contribution < 1.29 is 14.3 Å². The molecule has 1 aliphatic heterocycles. The average Bonchev–Trinajstić information content (AvgIpc) is 2.74. The Morgan fingerprint density at radius 1 is 1.26 bits per heavy atom. The lowest BCUT2D eigenvalue weighted by atomic mass is 9.92. The number of pyridine rings is 1. The number of amides is 2. The van der Waals surface area contributed by atoms with E-state index in [2.05, 4.69) is 10.3 Å². The number of likely N-dealkylation sites (tertiary alicyclic amines) is 1. The van der Waals surface area contributed by atoms with Crippen LogP contribution in [-0.4, -0.2) is 48.4 Å². The Balaban J connectivity index is 1.50. The molecular formula is C21H25N3O3. The van der Waals surface area contributed by atoms with Crippen LogP contribution in [0.2, 0.25) is 0 Å². The van der Waals surface area contributed by atoms with E-state index in [0.29, 0.717) is 25.3 Å². The Labute approximate surface area is 159 Å². The minimum absolute atomic E-state index is 0.0180. The molecule has 0 bridgehead atoms. The van der Waals surface area contributed by atoms with Crippen molar-refractivity contribution in [3.8, 4) is 5.75 Å². The molecule has 1 saturated heterocycles. The molecule has 0 aliphatic carbocycles. The second-order valence-corrected chi connectivity index (χ2v) is 6.70. The van der Waals surface area contributed by atoms with Gasteiger partial charge in [-0.25, -0.2) is 4.79 Å². The number of aromatic nitrogens is 1. The molecule has 1 fully saturated rings. The van der Waals surface area contributed by atoms with Crippen molar-refractivity contribution in [1.29, 1.82) is 0 Å². The third kappa shape index (κ3) is 5.06. The highest BCUT2D eigenvalue weighted by Gasteiger charge is 2.29. The van der Waals surface area contributed by atoms with Gasteiger partial charge in [-0.1, -0.05) is 18.2 Å². The van der Waals surface area contributed by atoms with Gasteiger partial charge in [0.15, 0.2) is 5.78 Å². The van der Waals surface area contributed by atoms with Gasteiger partial charge in [-0.2, -0.15) is 0 Å². The van der Waals surface area contributed by atoms with Crippen LogP contribution in [-0.2, 0) is 6.42 Å². The Bertz CT molecular complexity index is 779. The van der Waals surface area contributed by atoms with Crippen molar-refractivity contribution in [3.05, 3.63) is 59.9 Å². The quantitative estimate of drug-likeness (QED) is 0.797. The molecule has 0 radical (unpaired) electrons. The van der Waals surface area contributed by atoms with Gasteiger partial charge < -0.3 is 15.0 Å². The van der Waals surface area contributed by atoms with E-state index in [4.69, 9.17) is 4.74 Å². The summed E-state index contributed by atoms with van der Waals surface area (Å²) in [5.41, 5.74) is 1.58. The first-order valence-electron chi connectivity index (χ1n) is 9.28. The average molecular weight is 367 g/mol. The molecule has 3 rings (SSSR count). The summed E-state index contributed by atoms with van der Waals surface area (Å²) in [6.45, 7) is 1.67. The molecule has 2 aromatic rings. The number of carbonyl (C=O) groups is 2. The Morgan fingerprint density at radius 3 is 2.93 bits per heavy atom. The van der Waals surface area contributed by atoms with Gasteiger partial charge in [0.1, 0.15) is 11.4 Å². The number of methoxy groups -OCH3 is 1. The highest BCUT2D eigenvalue weighted by atomic mass is 16.5. The zero-order chi connectivity index (χ0) is 19.1. The fourth-order valence-corrected chi connectivity index (χ4v) is 3.35. The number of Topliss-reactive ketones (excluding diaryl/α,β-unsaturated/α-hetero) is 1. The van der Waals surface area contributed by atoms with Gasteiger partial charge in [-0.15, -0.1) is 0 Å². The number of ketones is 1. The Morgan fingerprint density at radius 2 is 2.15 bits per heavy atom. The number of piperidine rings is 1. The summed E-state index contributed by atoms with van der Waals surface area (Å²) in [4.78, 5) is 31.0. The number of hydrogen-bond donors (Lipinski definition) is 1. The number of nitrogens with zero attached hydrogens (tertiary/aromatic N) is 2.